The molecule has 1 atom stereocenters. The number of rotatable bonds is 2. The number of nitrogens with one attached hydrogen (secondary N) is 1. The summed E-state index contributed by atoms with van der Waals surface area (Å²) in [6, 6.07) is 5.75. The van der Waals surface area contributed by atoms with Gasteiger partial charge in [-0.05, 0) is 24.6 Å². The molecule has 0 amide bonds. The molecule has 0 saturated carbocycles. The number of anilines is 1. The van der Waals surface area contributed by atoms with Gasteiger partial charge in [-0.3, -0.25) is 0 Å². The van der Waals surface area contributed by atoms with Gasteiger partial charge in [-0.2, -0.15) is 0 Å². The van der Waals surface area contributed by atoms with Crippen LogP contribution in [-0.4, -0.2) is 9.97 Å². The van der Waals surface area contributed by atoms with Crippen molar-refractivity contribution in [1.82, 2.24) is 9.97 Å². The summed E-state index contributed by atoms with van der Waals surface area (Å²) in [7, 11) is 0. The largest absolute Gasteiger partial charge is 0.399 e. The standard InChI is InChI=1S/C11H15N3/c1-3-7(2)11-13-9-5-4-8(12)6-10(9)14-11/h4-7H,3,12H2,1-2H3,(H,13,14). The summed E-state index contributed by atoms with van der Waals surface area (Å²) in [5.74, 6) is 1.52. The first-order valence-corrected chi connectivity index (χ1v) is 4.96. The highest BCUT2D eigenvalue weighted by molar-refractivity contribution is 5.78. The third kappa shape index (κ3) is 1.45. The zero-order valence-corrected chi connectivity index (χ0v) is 8.54. The summed E-state index contributed by atoms with van der Waals surface area (Å²) in [5, 5.41) is 0. The fraction of sp³-hybridized carbons (Fsp3) is 0.364. The molecule has 3 N–H and O–H groups in total. The van der Waals surface area contributed by atoms with Crippen LogP contribution in [0.15, 0.2) is 18.2 Å². The average Bonchev–Trinajstić information content (AvgIpc) is 2.59. The van der Waals surface area contributed by atoms with Crippen LogP contribution in [0.25, 0.3) is 11.0 Å². The van der Waals surface area contributed by atoms with Gasteiger partial charge in [-0.25, -0.2) is 4.98 Å². The van der Waals surface area contributed by atoms with Crippen LogP contribution in [0.2, 0.25) is 0 Å². The van der Waals surface area contributed by atoms with Crippen molar-refractivity contribution in [2.24, 2.45) is 0 Å². The lowest BCUT2D eigenvalue weighted by Crippen LogP contribution is -1.92. The number of hydrogen-bond acceptors (Lipinski definition) is 2. The molecule has 2 aromatic rings. The molecule has 0 aliphatic carbocycles. The number of benzene rings is 1. The molecule has 1 heterocycles. The van der Waals surface area contributed by atoms with Gasteiger partial charge in [0.15, 0.2) is 0 Å². The first-order valence-electron chi connectivity index (χ1n) is 4.96. The van der Waals surface area contributed by atoms with Crippen molar-refractivity contribution in [1.29, 1.82) is 0 Å². The van der Waals surface area contributed by atoms with E-state index in [2.05, 4.69) is 23.8 Å². The molecule has 74 valence electrons. The highest BCUT2D eigenvalue weighted by atomic mass is 14.9. The third-order valence-electron chi connectivity index (χ3n) is 2.60. The molecule has 0 saturated heterocycles. The van der Waals surface area contributed by atoms with Crippen molar-refractivity contribution in [2.45, 2.75) is 26.2 Å². The predicted octanol–water partition coefficient (Wildman–Crippen LogP) is 2.66. The quantitative estimate of drug-likeness (QED) is 0.713. The third-order valence-corrected chi connectivity index (χ3v) is 2.60. The van der Waals surface area contributed by atoms with Crippen LogP contribution in [0.1, 0.15) is 32.0 Å². The molecule has 0 spiro atoms. The molecular weight excluding hydrogens is 174 g/mol. The Morgan fingerprint density at radius 1 is 1.50 bits per heavy atom. The number of aromatic amines is 1. The van der Waals surface area contributed by atoms with E-state index in [9.17, 15) is 0 Å². The number of fused-ring (bicyclic) bond motifs is 1. The fourth-order valence-electron chi connectivity index (χ4n) is 1.47. The minimum atomic E-state index is 0.476. The van der Waals surface area contributed by atoms with Gasteiger partial charge in [-0.15, -0.1) is 0 Å². The summed E-state index contributed by atoms with van der Waals surface area (Å²) >= 11 is 0. The number of hydrogen-bond donors (Lipinski definition) is 2. The number of aromatic nitrogens is 2. The first-order chi connectivity index (χ1) is 6.70. The topological polar surface area (TPSA) is 54.7 Å². The maximum atomic E-state index is 5.69. The number of nitrogens with zero attached hydrogens (tertiary/aromatic N) is 1. The minimum Gasteiger partial charge on any atom is -0.399 e. The van der Waals surface area contributed by atoms with Crippen LogP contribution >= 0.6 is 0 Å². The van der Waals surface area contributed by atoms with E-state index in [-0.39, 0.29) is 0 Å². The van der Waals surface area contributed by atoms with Crippen molar-refractivity contribution >= 4 is 16.7 Å². The van der Waals surface area contributed by atoms with Crippen molar-refractivity contribution in [2.75, 3.05) is 5.73 Å². The molecule has 1 unspecified atom stereocenters. The average molecular weight is 189 g/mol. The van der Waals surface area contributed by atoms with E-state index in [1.807, 2.05) is 18.2 Å². The zero-order valence-electron chi connectivity index (χ0n) is 8.54. The Balaban J connectivity index is 2.51. The van der Waals surface area contributed by atoms with Crippen LogP contribution in [-0.2, 0) is 0 Å². The van der Waals surface area contributed by atoms with Crippen LogP contribution in [0.5, 0.6) is 0 Å². The van der Waals surface area contributed by atoms with E-state index in [4.69, 9.17) is 5.73 Å². The maximum Gasteiger partial charge on any atom is 0.110 e. The van der Waals surface area contributed by atoms with E-state index in [1.165, 1.54) is 0 Å². The number of nitrogens with two attached hydrogens (primary N) is 1. The van der Waals surface area contributed by atoms with Crippen LogP contribution in [0.3, 0.4) is 0 Å². The molecule has 2 rings (SSSR count). The summed E-state index contributed by atoms with van der Waals surface area (Å²) in [4.78, 5) is 7.81. The highest BCUT2D eigenvalue weighted by Gasteiger charge is 2.08. The van der Waals surface area contributed by atoms with Crippen LogP contribution in [0.4, 0.5) is 5.69 Å². The van der Waals surface area contributed by atoms with Gasteiger partial charge in [0.05, 0.1) is 11.0 Å². The van der Waals surface area contributed by atoms with Gasteiger partial charge in [0.25, 0.3) is 0 Å². The normalized spacial score (nSPS) is 13.3. The predicted molar refractivity (Wildman–Crippen MR) is 59.2 cm³/mol. The molecule has 0 fully saturated rings. The lowest BCUT2D eigenvalue weighted by molar-refractivity contribution is 0.692. The number of nitrogen functional groups attached to an aromatic ring is 1. The van der Waals surface area contributed by atoms with E-state index in [0.717, 1.165) is 29.0 Å². The summed E-state index contributed by atoms with van der Waals surface area (Å²) < 4.78 is 0. The lowest BCUT2D eigenvalue weighted by atomic mass is 10.1. The molecule has 0 radical (unpaired) electrons. The summed E-state index contributed by atoms with van der Waals surface area (Å²) in [6.45, 7) is 4.33. The maximum absolute atomic E-state index is 5.69. The molecule has 0 bridgehead atoms. The van der Waals surface area contributed by atoms with E-state index in [0.29, 0.717) is 5.92 Å². The Bertz CT molecular complexity index is 445. The zero-order chi connectivity index (χ0) is 10.1. The molecule has 14 heavy (non-hydrogen) atoms. The molecule has 0 aliphatic heterocycles. The van der Waals surface area contributed by atoms with Crippen LogP contribution < -0.4 is 5.73 Å². The first kappa shape index (κ1) is 9.06. The molecule has 0 aliphatic rings. The summed E-state index contributed by atoms with van der Waals surface area (Å²) in [6.07, 6.45) is 1.09. The molecular formula is C11H15N3. The van der Waals surface area contributed by atoms with Gasteiger partial charge in [0.2, 0.25) is 0 Å². The summed E-state index contributed by atoms with van der Waals surface area (Å²) in [5.41, 5.74) is 8.49. The molecule has 1 aromatic carbocycles. The van der Waals surface area contributed by atoms with Crippen molar-refractivity contribution in [3.05, 3.63) is 24.0 Å². The van der Waals surface area contributed by atoms with Gasteiger partial charge in [0, 0.05) is 11.6 Å². The Morgan fingerprint density at radius 2 is 2.29 bits per heavy atom. The fourth-order valence-corrected chi connectivity index (χ4v) is 1.47. The van der Waals surface area contributed by atoms with Gasteiger partial charge < -0.3 is 10.7 Å². The van der Waals surface area contributed by atoms with E-state index >= 15 is 0 Å². The van der Waals surface area contributed by atoms with Gasteiger partial charge in [0.1, 0.15) is 5.82 Å². The van der Waals surface area contributed by atoms with Crippen molar-refractivity contribution in [3.8, 4) is 0 Å². The Morgan fingerprint density at radius 3 is 3.00 bits per heavy atom. The Labute approximate surface area is 83.3 Å². The SMILES string of the molecule is CCC(C)c1nc2ccc(N)cc2[nH]1. The second-order valence-electron chi connectivity index (χ2n) is 3.71. The second-order valence-corrected chi connectivity index (χ2v) is 3.71. The molecule has 1 aromatic heterocycles. The van der Waals surface area contributed by atoms with Gasteiger partial charge >= 0.3 is 0 Å². The Kier molecular flexibility index (Phi) is 2.15. The molecule has 3 nitrogen and oxygen atoms in total. The van der Waals surface area contributed by atoms with Crippen LogP contribution in [0, 0.1) is 0 Å². The number of H-pyrrole nitrogens is 1. The monoisotopic (exact) mass is 189 g/mol. The molecule has 3 heteroatoms. The smallest absolute Gasteiger partial charge is 0.110 e. The van der Waals surface area contributed by atoms with E-state index < -0.39 is 0 Å². The minimum absolute atomic E-state index is 0.476. The van der Waals surface area contributed by atoms with E-state index in [1.54, 1.807) is 0 Å². The number of imidazole rings is 1. The van der Waals surface area contributed by atoms with Gasteiger partial charge in [-0.1, -0.05) is 13.8 Å². The lowest BCUT2D eigenvalue weighted by Gasteiger charge is -2.01. The highest BCUT2D eigenvalue weighted by Crippen LogP contribution is 2.20. The van der Waals surface area contributed by atoms with Crippen molar-refractivity contribution < 1.29 is 0 Å². The van der Waals surface area contributed by atoms with Crippen molar-refractivity contribution in [3.63, 3.8) is 0 Å². The Hall–Kier alpha value is -1.51. The second kappa shape index (κ2) is 3.33.